The van der Waals surface area contributed by atoms with Gasteiger partial charge < -0.3 is 5.11 Å². The molecule has 0 amide bonds. The molecule has 0 aliphatic heterocycles. The number of aromatic amines is 1. The van der Waals surface area contributed by atoms with Crippen molar-refractivity contribution in [3.05, 3.63) is 70.3 Å². The van der Waals surface area contributed by atoms with Crippen molar-refractivity contribution in [3.63, 3.8) is 0 Å². The van der Waals surface area contributed by atoms with Gasteiger partial charge in [0.2, 0.25) is 0 Å². The lowest BCUT2D eigenvalue weighted by atomic mass is 10.1. The number of nitrogens with one attached hydrogen (secondary N) is 1. The van der Waals surface area contributed by atoms with Gasteiger partial charge >= 0.3 is 5.97 Å². The third-order valence-corrected chi connectivity index (χ3v) is 3.45. The molecule has 2 aromatic heterocycles. The van der Waals surface area contributed by atoms with Gasteiger partial charge in [-0.15, -0.1) is 0 Å². The zero-order chi connectivity index (χ0) is 15.7. The maximum absolute atomic E-state index is 12.4. The summed E-state index contributed by atoms with van der Waals surface area (Å²) >= 11 is 0. The molecule has 3 aromatic rings. The van der Waals surface area contributed by atoms with Gasteiger partial charge in [0, 0.05) is 23.6 Å². The zero-order valence-corrected chi connectivity index (χ0v) is 11.8. The first-order valence-corrected chi connectivity index (χ1v) is 6.63. The largest absolute Gasteiger partial charge is 0.477 e. The van der Waals surface area contributed by atoms with Crippen LogP contribution in [0.3, 0.4) is 0 Å². The zero-order valence-electron chi connectivity index (χ0n) is 11.8. The first kappa shape index (κ1) is 13.8. The molecule has 0 radical (unpaired) electrons. The van der Waals surface area contributed by atoms with Crippen molar-refractivity contribution in [2.75, 3.05) is 0 Å². The minimum atomic E-state index is -1.22. The fourth-order valence-corrected chi connectivity index (χ4v) is 2.33. The highest BCUT2D eigenvalue weighted by molar-refractivity contribution is 5.88. The summed E-state index contributed by atoms with van der Waals surface area (Å²) in [5.41, 5.74) is 1.96. The van der Waals surface area contributed by atoms with Crippen LogP contribution in [0.1, 0.15) is 15.9 Å². The Morgan fingerprint density at radius 1 is 1.27 bits per heavy atom. The van der Waals surface area contributed by atoms with E-state index in [9.17, 15) is 14.7 Å². The molecule has 2 heterocycles. The van der Waals surface area contributed by atoms with Crippen molar-refractivity contribution in [2.45, 2.75) is 6.92 Å². The highest BCUT2D eigenvalue weighted by Gasteiger charge is 2.15. The topological polar surface area (TPSA) is 88.0 Å². The molecular formula is C16H13N3O3. The van der Waals surface area contributed by atoms with Gasteiger partial charge in [-0.05, 0) is 36.8 Å². The summed E-state index contributed by atoms with van der Waals surface area (Å²) in [6, 6.07) is 10.7. The van der Waals surface area contributed by atoms with E-state index in [4.69, 9.17) is 0 Å². The average molecular weight is 295 g/mol. The monoisotopic (exact) mass is 295 g/mol. The van der Waals surface area contributed by atoms with Crippen molar-refractivity contribution in [3.8, 4) is 16.9 Å². The molecule has 0 aliphatic rings. The molecule has 0 bridgehead atoms. The summed E-state index contributed by atoms with van der Waals surface area (Å²) in [6.07, 6.45) is 3.22. The van der Waals surface area contributed by atoms with Crippen molar-refractivity contribution >= 4 is 5.97 Å². The van der Waals surface area contributed by atoms with Crippen LogP contribution < -0.4 is 5.56 Å². The molecule has 0 spiro atoms. The molecule has 0 saturated carbocycles. The highest BCUT2D eigenvalue weighted by Crippen LogP contribution is 2.19. The normalized spacial score (nSPS) is 10.6. The summed E-state index contributed by atoms with van der Waals surface area (Å²) in [7, 11) is 0. The Hall–Kier alpha value is -3.15. The van der Waals surface area contributed by atoms with E-state index in [1.807, 2.05) is 12.1 Å². The molecule has 2 N–H and O–H groups in total. The molecule has 6 nitrogen and oxygen atoms in total. The van der Waals surface area contributed by atoms with Gasteiger partial charge in [-0.25, -0.2) is 4.79 Å². The average Bonchev–Trinajstić information content (AvgIpc) is 3.01. The Balaban J connectivity index is 2.17. The van der Waals surface area contributed by atoms with Crippen molar-refractivity contribution in [1.29, 1.82) is 0 Å². The Labute approximate surface area is 125 Å². The van der Waals surface area contributed by atoms with Gasteiger partial charge in [0.1, 0.15) is 5.56 Å². The van der Waals surface area contributed by atoms with Crippen LogP contribution in [0.4, 0.5) is 0 Å². The van der Waals surface area contributed by atoms with Crippen LogP contribution in [0.25, 0.3) is 16.9 Å². The molecule has 0 unspecified atom stereocenters. The SMILES string of the molecule is Cc1ccn(-c2cccc(-c3ccn[nH]3)c2)c(=O)c1C(=O)O. The number of aryl methyl sites for hydroxylation is 1. The first-order valence-electron chi connectivity index (χ1n) is 6.63. The van der Waals surface area contributed by atoms with Crippen molar-refractivity contribution in [1.82, 2.24) is 14.8 Å². The van der Waals surface area contributed by atoms with Crippen LogP contribution >= 0.6 is 0 Å². The van der Waals surface area contributed by atoms with E-state index in [2.05, 4.69) is 10.2 Å². The smallest absolute Gasteiger partial charge is 0.341 e. The van der Waals surface area contributed by atoms with E-state index < -0.39 is 11.5 Å². The van der Waals surface area contributed by atoms with E-state index in [1.54, 1.807) is 43.6 Å². The summed E-state index contributed by atoms with van der Waals surface area (Å²) in [4.78, 5) is 23.6. The van der Waals surface area contributed by atoms with Crippen LogP contribution in [0.5, 0.6) is 0 Å². The third-order valence-electron chi connectivity index (χ3n) is 3.45. The van der Waals surface area contributed by atoms with Crippen molar-refractivity contribution < 1.29 is 9.90 Å². The van der Waals surface area contributed by atoms with E-state index in [1.165, 1.54) is 4.57 Å². The fourth-order valence-electron chi connectivity index (χ4n) is 2.33. The Morgan fingerprint density at radius 2 is 2.09 bits per heavy atom. The lowest BCUT2D eigenvalue weighted by molar-refractivity contribution is 0.0694. The maximum atomic E-state index is 12.4. The molecule has 0 saturated heterocycles. The second-order valence-electron chi connectivity index (χ2n) is 4.87. The number of carboxylic acid groups (broad SMARTS) is 1. The standard InChI is InChI=1S/C16H13N3O3/c1-10-6-8-19(15(20)14(10)16(21)22)12-4-2-3-11(9-12)13-5-7-17-18-13/h2-9H,1H3,(H,17,18)(H,21,22). The number of carbonyl (C=O) groups is 1. The molecule has 1 aromatic carbocycles. The quantitative estimate of drug-likeness (QED) is 0.775. The molecule has 0 fully saturated rings. The number of aromatic carboxylic acids is 1. The van der Waals surface area contributed by atoms with Crippen LogP contribution in [0.2, 0.25) is 0 Å². The summed E-state index contributed by atoms with van der Waals surface area (Å²) in [5, 5.41) is 15.9. The number of carboxylic acids is 1. The van der Waals surface area contributed by atoms with Crippen molar-refractivity contribution in [2.24, 2.45) is 0 Å². The second-order valence-corrected chi connectivity index (χ2v) is 4.87. The second kappa shape index (κ2) is 5.33. The Bertz CT molecular complexity index is 895. The summed E-state index contributed by atoms with van der Waals surface area (Å²) < 4.78 is 1.33. The minimum Gasteiger partial charge on any atom is -0.477 e. The van der Waals surface area contributed by atoms with Gasteiger partial charge in [0.05, 0.1) is 5.69 Å². The van der Waals surface area contributed by atoms with Crippen LogP contribution in [0, 0.1) is 6.92 Å². The van der Waals surface area contributed by atoms with E-state index in [0.717, 1.165) is 11.3 Å². The molecule has 3 rings (SSSR count). The van der Waals surface area contributed by atoms with Gasteiger partial charge in [-0.3, -0.25) is 14.5 Å². The van der Waals surface area contributed by atoms with Crippen LogP contribution in [0.15, 0.2) is 53.6 Å². The van der Waals surface area contributed by atoms with Gasteiger partial charge in [-0.2, -0.15) is 5.10 Å². The van der Waals surface area contributed by atoms with E-state index in [0.29, 0.717) is 11.3 Å². The Kier molecular flexibility index (Phi) is 3.34. The summed E-state index contributed by atoms with van der Waals surface area (Å²) in [6.45, 7) is 1.61. The summed E-state index contributed by atoms with van der Waals surface area (Å²) in [5.74, 6) is -1.22. The molecular weight excluding hydrogens is 282 g/mol. The molecule has 0 atom stereocenters. The number of aromatic nitrogens is 3. The van der Waals surface area contributed by atoms with Gasteiger partial charge in [0.25, 0.3) is 5.56 Å². The molecule has 0 aliphatic carbocycles. The predicted molar refractivity (Wildman–Crippen MR) is 81.3 cm³/mol. The van der Waals surface area contributed by atoms with Crippen LogP contribution in [-0.2, 0) is 0 Å². The number of pyridine rings is 1. The number of hydrogen-bond donors (Lipinski definition) is 2. The number of nitrogens with zero attached hydrogens (tertiary/aromatic N) is 2. The van der Waals surface area contributed by atoms with E-state index >= 15 is 0 Å². The van der Waals surface area contributed by atoms with Crippen LogP contribution in [-0.4, -0.2) is 25.8 Å². The van der Waals surface area contributed by atoms with Gasteiger partial charge in [-0.1, -0.05) is 12.1 Å². The first-order chi connectivity index (χ1) is 10.6. The fraction of sp³-hybridized carbons (Fsp3) is 0.0625. The maximum Gasteiger partial charge on any atom is 0.341 e. The lowest BCUT2D eigenvalue weighted by Crippen LogP contribution is -2.26. The number of H-pyrrole nitrogens is 1. The molecule has 22 heavy (non-hydrogen) atoms. The molecule has 6 heteroatoms. The highest BCUT2D eigenvalue weighted by atomic mass is 16.4. The number of hydrogen-bond acceptors (Lipinski definition) is 3. The lowest BCUT2D eigenvalue weighted by Gasteiger charge is -2.09. The number of rotatable bonds is 3. The predicted octanol–water partition coefficient (Wildman–Crippen LogP) is 2.23. The third kappa shape index (κ3) is 2.31. The van der Waals surface area contributed by atoms with Gasteiger partial charge in [0.15, 0.2) is 0 Å². The Morgan fingerprint density at radius 3 is 2.77 bits per heavy atom. The number of benzene rings is 1. The molecule has 110 valence electrons. The van der Waals surface area contributed by atoms with E-state index in [-0.39, 0.29) is 5.56 Å². The minimum absolute atomic E-state index is 0.213.